The van der Waals surface area contributed by atoms with E-state index in [1.807, 2.05) is 121 Å². The Labute approximate surface area is 240 Å². The molecular weight excluding hydrogens is 518 g/mol. The van der Waals surface area contributed by atoms with E-state index in [4.69, 9.17) is 29.2 Å². The number of nitrogens with zero attached hydrogens (tertiary/aromatic N) is 3. The molecule has 0 aliphatic carbocycles. The summed E-state index contributed by atoms with van der Waals surface area (Å²) in [4.78, 5) is 2.98. The number of benzene rings is 4. The van der Waals surface area contributed by atoms with Gasteiger partial charge in [-0.3, -0.25) is 0 Å². The summed E-state index contributed by atoms with van der Waals surface area (Å²) in [7, 11) is 0. The zero-order chi connectivity index (χ0) is 28.1. The van der Waals surface area contributed by atoms with Gasteiger partial charge in [-0.25, -0.2) is 0 Å². The molecule has 1 fully saturated rings. The second-order valence-electron chi connectivity index (χ2n) is 9.67. The molecule has 1 saturated heterocycles. The average Bonchev–Trinajstić information content (AvgIpc) is 3.03. The van der Waals surface area contributed by atoms with Crippen LogP contribution in [0, 0.1) is 0 Å². The maximum absolute atomic E-state index is 9.15. The van der Waals surface area contributed by atoms with Crippen molar-refractivity contribution in [1.82, 2.24) is 0 Å². The van der Waals surface area contributed by atoms with E-state index >= 15 is 0 Å². The zero-order valence-electron chi connectivity index (χ0n) is 22.6. The van der Waals surface area contributed by atoms with Gasteiger partial charge < -0.3 is 23.7 Å². The van der Waals surface area contributed by atoms with E-state index in [2.05, 4.69) is 10.0 Å². The fourth-order valence-electron chi connectivity index (χ4n) is 4.74. The van der Waals surface area contributed by atoms with Gasteiger partial charge in [-0.2, -0.15) is 0 Å². The van der Waals surface area contributed by atoms with Crippen LogP contribution in [0.5, 0.6) is 5.75 Å². The molecule has 41 heavy (non-hydrogen) atoms. The SMILES string of the molecule is [N-]=[N+]=NC[C@H]1O[C@@H](Oc2ccccc2)[C@H](OCc2ccccc2)[C@@H](OCc2ccccc2)[C@@H]1OCc1ccccc1. The minimum absolute atomic E-state index is 0.0429. The van der Waals surface area contributed by atoms with Gasteiger partial charge in [0, 0.05) is 4.91 Å². The van der Waals surface area contributed by atoms with Gasteiger partial charge >= 0.3 is 0 Å². The number of hydrogen-bond donors (Lipinski definition) is 0. The lowest BCUT2D eigenvalue weighted by atomic mass is 9.97. The van der Waals surface area contributed by atoms with Crippen molar-refractivity contribution in [1.29, 1.82) is 0 Å². The molecular formula is C33H33N3O5. The second kappa shape index (κ2) is 15.0. The Morgan fingerprint density at radius 3 is 1.51 bits per heavy atom. The molecule has 1 aliphatic heterocycles. The maximum Gasteiger partial charge on any atom is 0.229 e. The van der Waals surface area contributed by atoms with Crippen LogP contribution in [0.3, 0.4) is 0 Å². The highest BCUT2D eigenvalue weighted by molar-refractivity contribution is 5.22. The number of ether oxygens (including phenoxy) is 5. The van der Waals surface area contributed by atoms with E-state index in [0.717, 1.165) is 16.7 Å². The molecule has 0 spiro atoms. The molecule has 1 heterocycles. The minimum Gasteiger partial charge on any atom is -0.462 e. The topological polar surface area (TPSA) is 94.9 Å². The summed E-state index contributed by atoms with van der Waals surface area (Å²) < 4.78 is 32.4. The Bertz CT molecular complexity index is 1360. The van der Waals surface area contributed by atoms with Crippen LogP contribution in [0.1, 0.15) is 16.7 Å². The van der Waals surface area contributed by atoms with E-state index in [1.54, 1.807) is 0 Å². The lowest BCUT2D eigenvalue weighted by Gasteiger charge is -2.45. The largest absolute Gasteiger partial charge is 0.462 e. The Balaban J connectivity index is 1.47. The van der Waals surface area contributed by atoms with Crippen molar-refractivity contribution >= 4 is 0 Å². The van der Waals surface area contributed by atoms with Crippen molar-refractivity contribution in [3.05, 3.63) is 148 Å². The van der Waals surface area contributed by atoms with E-state index in [-0.39, 0.29) is 6.54 Å². The van der Waals surface area contributed by atoms with E-state index < -0.39 is 30.7 Å². The molecule has 0 bridgehead atoms. The van der Waals surface area contributed by atoms with Gasteiger partial charge in [0.1, 0.15) is 24.1 Å². The van der Waals surface area contributed by atoms with Crippen molar-refractivity contribution in [2.45, 2.75) is 50.5 Å². The van der Waals surface area contributed by atoms with Gasteiger partial charge in [-0.05, 0) is 34.4 Å². The van der Waals surface area contributed by atoms with Gasteiger partial charge in [0.15, 0.2) is 0 Å². The number of para-hydroxylation sites is 1. The smallest absolute Gasteiger partial charge is 0.229 e. The number of azide groups is 1. The quantitative estimate of drug-likeness (QED) is 0.103. The van der Waals surface area contributed by atoms with Crippen LogP contribution in [0.15, 0.2) is 126 Å². The summed E-state index contributed by atoms with van der Waals surface area (Å²) in [6, 6.07) is 39.2. The zero-order valence-corrected chi connectivity index (χ0v) is 22.6. The summed E-state index contributed by atoms with van der Waals surface area (Å²) in [5.74, 6) is 0.624. The van der Waals surface area contributed by atoms with E-state index in [1.165, 1.54) is 0 Å². The Morgan fingerprint density at radius 2 is 1.02 bits per heavy atom. The van der Waals surface area contributed by atoms with Gasteiger partial charge in [-0.1, -0.05) is 114 Å². The van der Waals surface area contributed by atoms with Gasteiger partial charge in [0.2, 0.25) is 6.29 Å². The van der Waals surface area contributed by atoms with Gasteiger partial charge in [0.25, 0.3) is 0 Å². The molecule has 5 rings (SSSR count). The standard InChI is InChI=1S/C33H33N3O5/c34-36-35-21-29-30(37-22-25-13-5-1-6-14-25)31(38-23-26-15-7-2-8-16-26)32(39-24-27-17-9-3-10-18-27)33(41-29)40-28-19-11-4-12-20-28/h1-20,29-33H,21-24H2/t29-,30-,31+,32-,33-/m1/s1. The highest BCUT2D eigenvalue weighted by Crippen LogP contribution is 2.32. The van der Waals surface area contributed by atoms with Crippen LogP contribution in [0.4, 0.5) is 0 Å². The average molecular weight is 552 g/mol. The molecule has 4 aromatic carbocycles. The highest BCUT2D eigenvalue weighted by Gasteiger charge is 2.49. The molecule has 0 aromatic heterocycles. The lowest BCUT2D eigenvalue weighted by molar-refractivity contribution is -0.301. The fraction of sp³-hybridized carbons (Fsp3) is 0.273. The maximum atomic E-state index is 9.15. The monoisotopic (exact) mass is 551 g/mol. The van der Waals surface area contributed by atoms with Crippen molar-refractivity contribution in [2.24, 2.45) is 5.11 Å². The summed E-state index contributed by atoms with van der Waals surface area (Å²) in [5, 5.41) is 3.84. The molecule has 1 aliphatic rings. The fourth-order valence-corrected chi connectivity index (χ4v) is 4.74. The molecule has 8 heteroatoms. The predicted molar refractivity (Wildman–Crippen MR) is 155 cm³/mol. The summed E-state index contributed by atoms with van der Waals surface area (Å²) >= 11 is 0. The van der Waals surface area contributed by atoms with Crippen LogP contribution in [0.2, 0.25) is 0 Å². The molecule has 0 amide bonds. The number of hydrogen-bond acceptors (Lipinski definition) is 6. The predicted octanol–water partition coefficient (Wildman–Crippen LogP) is 6.86. The first-order valence-corrected chi connectivity index (χ1v) is 13.6. The molecule has 5 atom stereocenters. The number of rotatable bonds is 13. The Kier molecular flexibility index (Phi) is 10.4. The lowest BCUT2D eigenvalue weighted by Crippen LogP contribution is -2.62. The summed E-state index contributed by atoms with van der Waals surface area (Å²) in [5.41, 5.74) is 12.2. The molecule has 0 unspecified atom stereocenters. The third kappa shape index (κ3) is 8.17. The van der Waals surface area contributed by atoms with Crippen molar-refractivity contribution in [3.63, 3.8) is 0 Å². The first kappa shape index (κ1) is 28.4. The molecule has 210 valence electrons. The highest BCUT2D eigenvalue weighted by atomic mass is 16.7. The molecule has 4 aromatic rings. The van der Waals surface area contributed by atoms with Gasteiger partial charge in [0.05, 0.1) is 32.5 Å². The minimum atomic E-state index is -0.850. The summed E-state index contributed by atoms with van der Waals surface area (Å²) in [6.07, 6.45) is -3.37. The van der Waals surface area contributed by atoms with Crippen molar-refractivity contribution in [2.75, 3.05) is 6.54 Å². The van der Waals surface area contributed by atoms with Gasteiger partial charge in [-0.15, -0.1) is 0 Å². The second-order valence-corrected chi connectivity index (χ2v) is 9.67. The van der Waals surface area contributed by atoms with E-state index in [9.17, 15) is 0 Å². The normalized spacial score (nSPS) is 22.0. The third-order valence-electron chi connectivity index (χ3n) is 6.77. The van der Waals surface area contributed by atoms with Crippen LogP contribution in [0.25, 0.3) is 10.4 Å². The molecule has 0 N–H and O–H groups in total. The van der Waals surface area contributed by atoms with Crippen LogP contribution >= 0.6 is 0 Å². The molecule has 0 radical (unpaired) electrons. The first-order valence-electron chi connectivity index (χ1n) is 13.6. The molecule has 0 saturated carbocycles. The van der Waals surface area contributed by atoms with Crippen LogP contribution in [-0.4, -0.2) is 37.3 Å². The van der Waals surface area contributed by atoms with Crippen molar-refractivity contribution in [3.8, 4) is 5.75 Å². The van der Waals surface area contributed by atoms with Crippen LogP contribution < -0.4 is 4.74 Å². The van der Waals surface area contributed by atoms with Crippen molar-refractivity contribution < 1.29 is 23.7 Å². The Hall–Kier alpha value is -4.17. The molecule has 8 nitrogen and oxygen atoms in total. The Morgan fingerprint density at radius 1 is 0.585 bits per heavy atom. The first-order chi connectivity index (χ1) is 20.3. The van der Waals surface area contributed by atoms with Crippen LogP contribution in [-0.2, 0) is 38.8 Å². The third-order valence-corrected chi connectivity index (χ3v) is 6.77. The van der Waals surface area contributed by atoms with E-state index in [0.29, 0.717) is 25.6 Å². The summed E-state index contributed by atoms with van der Waals surface area (Å²) in [6.45, 7) is 1.01.